The molecule has 2 N–H and O–H groups in total. The van der Waals surface area contributed by atoms with Crippen molar-refractivity contribution in [3.8, 4) is 0 Å². The second-order valence-corrected chi connectivity index (χ2v) is 5.07. The molecule has 0 aliphatic rings. The van der Waals surface area contributed by atoms with Crippen molar-refractivity contribution in [2.45, 2.75) is 32.7 Å². The monoisotopic (exact) mass is 298 g/mol. The zero-order chi connectivity index (χ0) is 15.6. The number of hydrogen-bond acceptors (Lipinski definition) is 4. The van der Waals surface area contributed by atoms with Crippen molar-refractivity contribution in [1.82, 2.24) is 15.3 Å². The van der Waals surface area contributed by atoms with Gasteiger partial charge in [0.2, 0.25) is 5.95 Å². The van der Waals surface area contributed by atoms with E-state index in [0.29, 0.717) is 24.7 Å². The summed E-state index contributed by atoms with van der Waals surface area (Å²) < 4.78 is 0. The number of carbonyl (C=O) groups excluding carboxylic acids is 1. The summed E-state index contributed by atoms with van der Waals surface area (Å²) in [7, 11) is 0. The summed E-state index contributed by atoms with van der Waals surface area (Å²) in [6.07, 6.45) is 4.85. The first-order valence-electron chi connectivity index (χ1n) is 7.68. The maximum atomic E-state index is 12.0. The van der Waals surface area contributed by atoms with Crippen LogP contribution in [0, 0.1) is 0 Å². The Hall–Kier alpha value is -2.43. The van der Waals surface area contributed by atoms with Gasteiger partial charge in [0.25, 0.3) is 5.91 Å². The van der Waals surface area contributed by atoms with Gasteiger partial charge in [-0.3, -0.25) is 4.79 Å². The number of nitrogens with one attached hydrogen (secondary N) is 2. The summed E-state index contributed by atoms with van der Waals surface area (Å²) in [5.41, 5.74) is 1.53. The molecule has 0 saturated heterocycles. The van der Waals surface area contributed by atoms with Crippen molar-refractivity contribution >= 4 is 11.9 Å². The van der Waals surface area contributed by atoms with Gasteiger partial charge in [0.1, 0.15) is 5.69 Å². The Labute approximate surface area is 131 Å². The number of aromatic nitrogens is 2. The lowest BCUT2D eigenvalue weighted by Gasteiger charge is -2.07. The normalized spacial score (nSPS) is 10.2. The van der Waals surface area contributed by atoms with E-state index in [4.69, 9.17) is 0 Å². The highest BCUT2D eigenvalue weighted by Crippen LogP contribution is 2.05. The Morgan fingerprint density at radius 3 is 2.73 bits per heavy atom. The molecule has 1 aromatic heterocycles. The third kappa shape index (κ3) is 5.16. The van der Waals surface area contributed by atoms with Crippen molar-refractivity contribution < 1.29 is 4.79 Å². The van der Waals surface area contributed by atoms with Crippen LogP contribution >= 0.6 is 0 Å². The fraction of sp³-hybridized carbons (Fsp3) is 0.353. The number of hydrogen-bond donors (Lipinski definition) is 2. The van der Waals surface area contributed by atoms with Gasteiger partial charge in [-0.05, 0) is 18.1 Å². The summed E-state index contributed by atoms with van der Waals surface area (Å²) >= 11 is 0. The van der Waals surface area contributed by atoms with Gasteiger partial charge in [-0.15, -0.1) is 0 Å². The summed E-state index contributed by atoms with van der Waals surface area (Å²) in [6, 6.07) is 11.6. The standard InChI is InChI=1S/C17H22N4O/c1-2-3-7-11-18-16(22)15-10-12-19-17(21-15)20-13-14-8-5-4-6-9-14/h4-6,8-10,12H,2-3,7,11,13H2,1H3,(H,18,22)(H,19,20,21). The van der Waals surface area contributed by atoms with E-state index >= 15 is 0 Å². The summed E-state index contributed by atoms with van der Waals surface area (Å²) in [5.74, 6) is 0.311. The van der Waals surface area contributed by atoms with E-state index in [9.17, 15) is 4.79 Å². The van der Waals surface area contributed by atoms with Gasteiger partial charge < -0.3 is 10.6 Å². The highest BCUT2D eigenvalue weighted by Gasteiger charge is 2.07. The first-order chi connectivity index (χ1) is 10.8. The molecule has 0 unspecified atom stereocenters. The average molecular weight is 298 g/mol. The van der Waals surface area contributed by atoms with Crippen LogP contribution in [0.4, 0.5) is 5.95 Å². The molecule has 2 aromatic rings. The molecule has 0 fully saturated rings. The minimum absolute atomic E-state index is 0.152. The van der Waals surface area contributed by atoms with E-state index in [2.05, 4.69) is 27.5 Å². The first-order valence-corrected chi connectivity index (χ1v) is 7.68. The molecule has 2 rings (SSSR count). The molecule has 5 heteroatoms. The van der Waals surface area contributed by atoms with Crippen LogP contribution in [-0.4, -0.2) is 22.4 Å². The predicted octanol–water partition coefficient (Wildman–Crippen LogP) is 3.01. The zero-order valence-electron chi connectivity index (χ0n) is 12.9. The van der Waals surface area contributed by atoms with E-state index in [1.54, 1.807) is 12.3 Å². The van der Waals surface area contributed by atoms with Crippen LogP contribution in [0.1, 0.15) is 42.2 Å². The molecule has 1 aromatic carbocycles. The molecule has 0 aliphatic heterocycles. The van der Waals surface area contributed by atoms with Gasteiger partial charge in [-0.2, -0.15) is 0 Å². The summed E-state index contributed by atoms with van der Waals surface area (Å²) in [4.78, 5) is 20.4. The molecular weight excluding hydrogens is 276 g/mol. The minimum atomic E-state index is -0.152. The number of nitrogens with zero attached hydrogens (tertiary/aromatic N) is 2. The molecule has 0 radical (unpaired) electrons. The third-order valence-electron chi connectivity index (χ3n) is 3.25. The van der Waals surface area contributed by atoms with Crippen molar-refractivity contribution in [2.75, 3.05) is 11.9 Å². The molecule has 0 saturated carbocycles. The Kier molecular flexibility index (Phi) is 6.36. The highest BCUT2D eigenvalue weighted by molar-refractivity contribution is 5.92. The number of unbranched alkanes of at least 4 members (excludes halogenated alkanes) is 2. The number of rotatable bonds is 8. The lowest BCUT2D eigenvalue weighted by atomic mass is 10.2. The topological polar surface area (TPSA) is 66.9 Å². The molecule has 1 amide bonds. The minimum Gasteiger partial charge on any atom is -0.351 e. The van der Waals surface area contributed by atoms with Crippen LogP contribution in [0.2, 0.25) is 0 Å². The maximum absolute atomic E-state index is 12.0. The van der Waals surface area contributed by atoms with E-state index in [1.807, 2.05) is 30.3 Å². The largest absolute Gasteiger partial charge is 0.351 e. The fourth-order valence-corrected chi connectivity index (χ4v) is 2.01. The van der Waals surface area contributed by atoms with Gasteiger partial charge >= 0.3 is 0 Å². The molecule has 0 bridgehead atoms. The highest BCUT2D eigenvalue weighted by atomic mass is 16.1. The lowest BCUT2D eigenvalue weighted by molar-refractivity contribution is 0.0948. The van der Waals surface area contributed by atoms with Crippen LogP contribution in [0.5, 0.6) is 0 Å². The molecule has 1 heterocycles. The van der Waals surface area contributed by atoms with Crippen LogP contribution < -0.4 is 10.6 Å². The Balaban J connectivity index is 1.87. The SMILES string of the molecule is CCCCCNC(=O)c1ccnc(NCc2ccccc2)n1. The predicted molar refractivity (Wildman–Crippen MR) is 87.7 cm³/mol. The van der Waals surface area contributed by atoms with Crippen LogP contribution in [-0.2, 0) is 6.54 Å². The van der Waals surface area contributed by atoms with Gasteiger partial charge in [0.05, 0.1) is 0 Å². The van der Waals surface area contributed by atoms with Gasteiger partial charge in [-0.25, -0.2) is 9.97 Å². The summed E-state index contributed by atoms with van der Waals surface area (Å²) in [5, 5.41) is 6.01. The van der Waals surface area contributed by atoms with E-state index < -0.39 is 0 Å². The third-order valence-corrected chi connectivity index (χ3v) is 3.25. The van der Waals surface area contributed by atoms with Gasteiger partial charge in [0, 0.05) is 19.3 Å². The zero-order valence-corrected chi connectivity index (χ0v) is 12.9. The molecule has 0 spiro atoms. The molecule has 0 atom stereocenters. The van der Waals surface area contributed by atoms with Gasteiger partial charge in [-0.1, -0.05) is 50.1 Å². The average Bonchev–Trinajstić information content (AvgIpc) is 2.58. The van der Waals surface area contributed by atoms with E-state index in [1.165, 1.54) is 0 Å². The molecule has 0 aliphatic carbocycles. The fourth-order valence-electron chi connectivity index (χ4n) is 2.01. The Morgan fingerprint density at radius 1 is 1.14 bits per heavy atom. The Bertz CT molecular complexity index is 586. The number of benzene rings is 1. The second kappa shape index (κ2) is 8.77. The smallest absolute Gasteiger partial charge is 0.270 e. The number of anilines is 1. The first kappa shape index (κ1) is 15.9. The second-order valence-electron chi connectivity index (χ2n) is 5.07. The quantitative estimate of drug-likeness (QED) is 0.735. The number of carbonyl (C=O) groups is 1. The van der Waals surface area contributed by atoms with Crippen molar-refractivity contribution in [3.63, 3.8) is 0 Å². The van der Waals surface area contributed by atoms with Crippen molar-refractivity contribution in [1.29, 1.82) is 0 Å². The van der Waals surface area contributed by atoms with Gasteiger partial charge in [0.15, 0.2) is 0 Å². The molecule has 22 heavy (non-hydrogen) atoms. The van der Waals surface area contributed by atoms with Crippen LogP contribution in [0.25, 0.3) is 0 Å². The molecular formula is C17H22N4O. The lowest BCUT2D eigenvalue weighted by Crippen LogP contribution is -2.25. The van der Waals surface area contributed by atoms with Crippen LogP contribution in [0.3, 0.4) is 0 Å². The Morgan fingerprint density at radius 2 is 1.95 bits per heavy atom. The maximum Gasteiger partial charge on any atom is 0.270 e. The molecule has 5 nitrogen and oxygen atoms in total. The van der Waals surface area contributed by atoms with Crippen molar-refractivity contribution in [2.24, 2.45) is 0 Å². The van der Waals surface area contributed by atoms with Crippen molar-refractivity contribution in [3.05, 3.63) is 53.9 Å². The van der Waals surface area contributed by atoms with E-state index in [0.717, 1.165) is 24.8 Å². The van der Waals surface area contributed by atoms with E-state index in [-0.39, 0.29) is 5.91 Å². The van der Waals surface area contributed by atoms with Crippen LogP contribution in [0.15, 0.2) is 42.6 Å². The number of amides is 1. The summed E-state index contributed by atoms with van der Waals surface area (Å²) in [6.45, 7) is 3.45. The molecule has 116 valence electrons.